The van der Waals surface area contributed by atoms with E-state index >= 15 is 0 Å². The van der Waals surface area contributed by atoms with Crippen LogP contribution in [0.15, 0.2) is 36.0 Å². The predicted octanol–water partition coefficient (Wildman–Crippen LogP) is 1.60. The number of nitrogens with zero attached hydrogens (tertiary/aromatic N) is 8. The van der Waals surface area contributed by atoms with Crippen molar-refractivity contribution in [2.45, 2.75) is 44.3 Å². The lowest BCUT2D eigenvalue weighted by atomic mass is 9.92. The van der Waals surface area contributed by atoms with Gasteiger partial charge in [-0.3, -0.25) is 4.57 Å². The molecule has 1 aliphatic rings. The van der Waals surface area contributed by atoms with E-state index in [9.17, 15) is 15.3 Å². The Bertz CT molecular complexity index is 1510. The largest absolute Gasteiger partial charge is 0.394 e. The van der Waals surface area contributed by atoms with Crippen LogP contribution in [0.25, 0.3) is 26.6 Å². The van der Waals surface area contributed by atoms with Gasteiger partial charge in [-0.05, 0) is 32.0 Å². The van der Waals surface area contributed by atoms with E-state index < -0.39 is 37.1 Å². The molecule has 5 atom stereocenters. The van der Waals surface area contributed by atoms with Crippen molar-refractivity contribution in [3.8, 4) is 16.4 Å². The summed E-state index contributed by atoms with van der Waals surface area (Å²) in [6.45, 7) is 3.30. The van der Waals surface area contributed by atoms with E-state index in [0.717, 1.165) is 20.9 Å². The number of aromatic nitrogens is 8. The van der Waals surface area contributed by atoms with Crippen LogP contribution in [0.5, 0.6) is 0 Å². The molecule has 4 aromatic heterocycles. The number of thiazole rings is 2. The quantitative estimate of drug-likeness (QED) is 0.307. The van der Waals surface area contributed by atoms with Gasteiger partial charge in [0, 0.05) is 11.6 Å². The normalized spacial score (nSPS) is 24.5. The van der Waals surface area contributed by atoms with E-state index in [0.29, 0.717) is 22.4 Å². The molecule has 36 heavy (non-hydrogen) atoms. The molecule has 0 radical (unpaired) electrons. The molecule has 1 aromatic carbocycles. The first-order valence-corrected chi connectivity index (χ1v) is 12.9. The number of fused-ring (bicyclic) bond motifs is 1. The van der Waals surface area contributed by atoms with E-state index in [1.54, 1.807) is 35.2 Å². The molecule has 0 aliphatic carbocycles. The van der Waals surface area contributed by atoms with E-state index in [2.05, 4.69) is 30.5 Å². The summed E-state index contributed by atoms with van der Waals surface area (Å²) in [6, 6.07) is 4.86. The molecule has 186 valence electrons. The summed E-state index contributed by atoms with van der Waals surface area (Å²) in [5.41, 5.74) is 2.20. The van der Waals surface area contributed by atoms with Crippen LogP contribution in [0.4, 0.5) is 0 Å². The first-order chi connectivity index (χ1) is 17.4. The molecule has 0 spiro atoms. The maximum atomic E-state index is 11.5. The van der Waals surface area contributed by atoms with Crippen molar-refractivity contribution in [3.05, 3.63) is 52.6 Å². The average Bonchev–Trinajstić information content (AvgIpc) is 3.65. The fourth-order valence-electron chi connectivity index (χ4n) is 4.55. The third-order valence-electron chi connectivity index (χ3n) is 6.20. The predicted molar refractivity (Wildman–Crippen MR) is 131 cm³/mol. The fraction of sp³-hybridized carbons (Fsp3) is 0.364. The Morgan fingerprint density at radius 2 is 1.97 bits per heavy atom. The molecule has 0 bridgehead atoms. The van der Waals surface area contributed by atoms with Crippen molar-refractivity contribution in [1.82, 2.24) is 39.7 Å². The summed E-state index contributed by atoms with van der Waals surface area (Å²) in [5.74, 6) is 0.938. The minimum absolute atomic E-state index is 0.344. The minimum Gasteiger partial charge on any atom is -0.394 e. The van der Waals surface area contributed by atoms with Gasteiger partial charge in [0.05, 0.1) is 33.7 Å². The van der Waals surface area contributed by atoms with Crippen molar-refractivity contribution in [3.63, 3.8) is 0 Å². The van der Waals surface area contributed by atoms with Crippen LogP contribution in [-0.4, -0.2) is 80.0 Å². The van der Waals surface area contributed by atoms with Gasteiger partial charge in [0.25, 0.3) is 0 Å². The molecular formula is C22H22N8O4S2. The number of aliphatic hydroxyl groups excluding tert-OH is 3. The summed E-state index contributed by atoms with van der Waals surface area (Å²) >= 11 is 2.98. The Labute approximate surface area is 212 Å². The van der Waals surface area contributed by atoms with Crippen molar-refractivity contribution in [2.75, 3.05) is 6.61 Å². The zero-order valence-corrected chi connectivity index (χ0v) is 20.8. The maximum absolute atomic E-state index is 11.5. The third-order valence-corrected chi connectivity index (χ3v) is 7.93. The molecule has 0 saturated carbocycles. The van der Waals surface area contributed by atoms with Gasteiger partial charge in [-0.2, -0.15) is 0 Å². The third kappa shape index (κ3) is 3.82. The Morgan fingerprint density at radius 3 is 2.75 bits per heavy atom. The molecule has 12 nitrogen and oxygen atoms in total. The van der Waals surface area contributed by atoms with E-state index in [1.165, 1.54) is 16.0 Å². The number of rotatable bonds is 5. The molecule has 3 N–H and O–H groups in total. The van der Waals surface area contributed by atoms with Crippen molar-refractivity contribution >= 4 is 32.9 Å². The summed E-state index contributed by atoms with van der Waals surface area (Å²) in [6.07, 6.45) is -1.25. The van der Waals surface area contributed by atoms with Gasteiger partial charge in [0.1, 0.15) is 47.0 Å². The highest BCUT2D eigenvalue weighted by molar-refractivity contribution is 7.18. The highest BCUT2D eigenvalue weighted by Crippen LogP contribution is 2.39. The second kappa shape index (κ2) is 9.06. The Balaban J connectivity index is 1.40. The summed E-state index contributed by atoms with van der Waals surface area (Å²) in [5, 5.41) is 52.7. The second-order valence-corrected chi connectivity index (χ2v) is 10.6. The van der Waals surface area contributed by atoms with Crippen molar-refractivity contribution in [2.24, 2.45) is 0 Å². The van der Waals surface area contributed by atoms with Crippen molar-refractivity contribution in [1.29, 1.82) is 0 Å². The lowest BCUT2D eigenvalue weighted by Crippen LogP contribution is -2.53. The van der Waals surface area contributed by atoms with Crippen LogP contribution >= 0.6 is 22.7 Å². The summed E-state index contributed by atoms with van der Waals surface area (Å²) < 4.78 is 10.2. The highest BCUT2D eigenvalue weighted by Gasteiger charge is 2.48. The van der Waals surface area contributed by atoms with Crippen LogP contribution in [0, 0.1) is 13.8 Å². The van der Waals surface area contributed by atoms with Crippen molar-refractivity contribution < 1.29 is 20.1 Å². The summed E-state index contributed by atoms with van der Waals surface area (Å²) in [7, 11) is 0. The first-order valence-electron chi connectivity index (χ1n) is 11.2. The molecule has 2 unspecified atom stereocenters. The molecule has 14 heteroatoms. The molecular weight excluding hydrogens is 504 g/mol. The Kier molecular flexibility index (Phi) is 5.86. The summed E-state index contributed by atoms with van der Waals surface area (Å²) in [4.78, 5) is 8.75. The molecule has 5 heterocycles. The first kappa shape index (κ1) is 23.3. The minimum atomic E-state index is -1.27. The van der Waals surface area contributed by atoms with E-state index in [4.69, 9.17) is 4.74 Å². The topological polar surface area (TPSA) is 157 Å². The van der Waals surface area contributed by atoms with Gasteiger partial charge in [-0.15, -0.1) is 38.0 Å². The van der Waals surface area contributed by atoms with Gasteiger partial charge >= 0.3 is 0 Å². The van der Waals surface area contributed by atoms with Gasteiger partial charge in [-0.25, -0.2) is 14.6 Å². The maximum Gasteiger partial charge on any atom is 0.169 e. The van der Waals surface area contributed by atoms with Crippen LogP contribution in [-0.2, 0) is 4.74 Å². The van der Waals surface area contributed by atoms with Gasteiger partial charge in [0.15, 0.2) is 5.82 Å². The lowest BCUT2D eigenvalue weighted by Gasteiger charge is -2.41. The number of benzene rings is 1. The standard InChI is InChI=1S/C22H22N8O4S2/c1-10-25-27-21(30(10)12-3-4-13-16(7-12)36-11(2)24-13)20-19(33)17(18(32)15(9-31)34-20)29-8-14(26-28-29)22-23-5-6-35-22/h3-8,15,17-20,31-33H,9H2,1-2H3/t15?,17-,18-,19?,20+/m0/s1. The molecule has 0 amide bonds. The zero-order valence-electron chi connectivity index (χ0n) is 19.2. The Morgan fingerprint density at radius 1 is 1.11 bits per heavy atom. The number of aliphatic hydroxyl groups is 3. The Hall–Kier alpha value is -3.14. The van der Waals surface area contributed by atoms with E-state index in [-0.39, 0.29) is 0 Å². The molecule has 1 fully saturated rings. The number of ether oxygens (including phenoxy) is 1. The monoisotopic (exact) mass is 526 g/mol. The average molecular weight is 527 g/mol. The van der Waals surface area contributed by atoms with Crippen LogP contribution in [0.1, 0.15) is 28.8 Å². The number of hydrogen-bond acceptors (Lipinski definition) is 12. The van der Waals surface area contributed by atoms with Gasteiger partial charge in [0.2, 0.25) is 0 Å². The van der Waals surface area contributed by atoms with Crippen LogP contribution in [0.2, 0.25) is 0 Å². The highest BCUT2D eigenvalue weighted by atomic mass is 32.1. The van der Waals surface area contributed by atoms with Crippen LogP contribution < -0.4 is 0 Å². The molecule has 1 aliphatic heterocycles. The SMILES string of the molecule is Cc1nc2ccc(-n3c(C)nnc3[C@@H]3OC(CO)[C@H](O)[C@H](n4cc(-c5nccs5)nn4)C3O)cc2s1. The molecule has 1 saturated heterocycles. The smallest absolute Gasteiger partial charge is 0.169 e. The van der Waals surface area contributed by atoms with E-state index in [1.807, 2.05) is 30.5 Å². The molecule has 6 rings (SSSR count). The fourth-order valence-corrected chi connectivity index (χ4v) is 5.99. The molecule has 5 aromatic rings. The number of hydrogen-bond donors (Lipinski definition) is 3. The zero-order chi connectivity index (χ0) is 25.0. The van der Waals surface area contributed by atoms with Gasteiger partial charge < -0.3 is 20.1 Å². The van der Waals surface area contributed by atoms with Gasteiger partial charge in [-0.1, -0.05) is 5.21 Å². The number of aryl methyl sites for hydroxylation is 2. The van der Waals surface area contributed by atoms with Crippen LogP contribution in [0.3, 0.4) is 0 Å². The lowest BCUT2D eigenvalue weighted by molar-refractivity contribution is -0.210. The second-order valence-electron chi connectivity index (χ2n) is 8.50.